The maximum Gasteiger partial charge on any atom is 0.255 e. The molecule has 0 aromatic carbocycles. The molecular weight excluding hydrogens is 244 g/mol. The first-order chi connectivity index (χ1) is 9.24. The average Bonchev–Trinajstić information content (AvgIpc) is 2.48. The van der Waals surface area contributed by atoms with Crippen LogP contribution in [-0.4, -0.2) is 48.1 Å². The average molecular weight is 260 g/mol. The molecular formula is C13H16N4O2. The number of carbonyl (C=O) groups is 1. The van der Waals surface area contributed by atoms with Crippen LogP contribution in [0.2, 0.25) is 0 Å². The highest BCUT2D eigenvalue weighted by atomic mass is 16.5. The lowest BCUT2D eigenvalue weighted by molar-refractivity contribution is 0.00345. The van der Waals surface area contributed by atoms with E-state index in [1.165, 1.54) is 0 Å². The third kappa shape index (κ3) is 3.20. The van der Waals surface area contributed by atoms with Gasteiger partial charge < -0.3 is 15.0 Å². The Bertz CT molecular complexity index is 480. The highest BCUT2D eigenvalue weighted by molar-refractivity contribution is 5.94. The number of pyridine rings is 1. The molecule has 2 rings (SSSR count). The van der Waals surface area contributed by atoms with Gasteiger partial charge in [0, 0.05) is 19.3 Å². The topological polar surface area (TPSA) is 78.3 Å². The number of hydrogen-bond donors (Lipinski definition) is 1. The molecule has 1 aromatic heterocycles. The first-order valence-electron chi connectivity index (χ1n) is 6.25. The number of rotatable bonds is 3. The summed E-state index contributed by atoms with van der Waals surface area (Å²) in [7, 11) is 0. The van der Waals surface area contributed by atoms with Gasteiger partial charge in [0.15, 0.2) is 6.10 Å². The zero-order chi connectivity index (χ0) is 13.7. The van der Waals surface area contributed by atoms with Gasteiger partial charge in [-0.05, 0) is 19.1 Å². The van der Waals surface area contributed by atoms with Gasteiger partial charge in [0.1, 0.15) is 5.82 Å². The number of nitrogens with one attached hydrogen (secondary N) is 1. The molecule has 0 saturated carbocycles. The minimum atomic E-state index is -0.535. The van der Waals surface area contributed by atoms with Crippen molar-refractivity contribution in [2.45, 2.75) is 13.0 Å². The summed E-state index contributed by atoms with van der Waals surface area (Å²) in [5.74, 6) is 0.634. The molecule has 1 aliphatic heterocycles. The summed E-state index contributed by atoms with van der Waals surface area (Å²) >= 11 is 0. The van der Waals surface area contributed by atoms with Crippen molar-refractivity contribution in [1.82, 2.24) is 9.88 Å². The molecule has 1 atom stereocenters. The van der Waals surface area contributed by atoms with Gasteiger partial charge in [-0.1, -0.05) is 0 Å². The second-order valence-electron chi connectivity index (χ2n) is 4.20. The minimum Gasteiger partial charge on any atom is -0.370 e. The highest BCUT2D eigenvalue weighted by Gasteiger charge is 2.24. The van der Waals surface area contributed by atoms with Crippen molar-refractivity contribution < 1.29 is 9.53 Å². The summed E-state index contributed by atoms with van der Waals surface area (Å²) in [6.45, 7) is 3.98. The SMILES string of the molecule is CCNc1ccc(C(=O)N2CCOC(C#N)C2)cn1. The van der Waals surface area contributed by atoms with Gasteiger partial charge in [-0.2, -0.15) is 5.26 Å². The van der Waals surface area contributed by atoms with Crippen LogP contribution in [0.3, 0.4) is 0 Å². The molecule has 0 bridgehead atoms. The summed E-state index contributed by atoms with van der Waals surface area (Å²) in [5.41, 5.74) is 0.528. The van der Waals surface area contributed by atoms with E-state index < -0.39 is 6.10 Å². The largest absolute Gasteiger partial charge is 0.370 e. The van der Waals surface area contributed by atoms with Gasteiger partial charge in [-0.15, -0.1) is 0 Å². The molecule has 100 valence electrons. The van der Waals surface area contributed by atoms with Gasteiger partial charge in [0.25, 0.3) is 5.91 Å². The zero-order valence-corrected chi connectivity index (χ0v) is 10.8. The molecule has 19 heavy (non-hydrogen) atoms. The zero-order valence-electron chi connectivity index (χ0n) is 10.8. The smallest absolute Gasteiger partial charge is 0.255 e. The molecule has 1 amide bonds. The van der Waals surface area contributed by atoms with Gasteiger partial charge in [0.2, 0.25) is 0 Å². The molecule has 1 fully saturated rings. The number of morpholine rings is 1. The van der Waals surface area contributed by atoms with Gasteiger partial charge in [-0.25, -0.2) is 4.98 Å². The third-order valence-electron chi connectivity index (χ3n) is 2.87. The van der Waals surface area contributed by atoms with Crippen molar-refractivity contribution in [2.24, 2.45) is 0 Å². The molecule has 0 radical (unpaired) electrons. The summed E-state index contributed by atoms with van der Waals surface area (Å²) in [6.07, 6.45) is 1.02. The number of amides is 1. The van der Waals surface area contributed by atoms with Crippen LogP contribution < -0.4 is 5.32 Å². The summed E-state index contributed by atoms with van der Waals surface area (Å²) < 4.78 is 5.21. The molecule has 1 aromatic rings. The lowest BCUT2D eigenvalue weighted by Crippen LogP contribution is -2.45. The molecule has 1 saturated heterocycles. The van der Waals surface area contributed by atoms with Gasteiger partial charge in [-0.3, -0.25) is 4.79 Å². The molecule has 6 nitrogen and oxygen atoms in total. The van der Waals surface area contributed by atoms with Crippen molar-refractivity contribution >= 4 is 11.7 Å². The van der Waals surface area contributed by atoms with E-state index in [1.807, 2.05) is 13.0 Å². The monoisotopic (exact) mass is 260 g/mol. The van der Waals surface area contributed by atoms with Crippen LogP contribution in [-0.2, 0) is 4.74 Å². The Balaban J connectivity index is 2.04. The number of carbonyl (C=O) groups excluding carboxylic acids is 1. The van der Waals surface area contributed by atoms with Crippen LogP contribution in [0.5, 0.6) is 0 Å². The normalized spacial score (nSPS) is 18.7. The second-order valence-corrected chi connectivity index (χ2v) is 4.20. The molecule has 0 aliphatic carbocycles. The summed E-state index contributed by atoms with van der Waals surface area (Å²) in [6, 6.07) is 5.54. The van der Waals surface area contributed by atoms with Gasteiger partial charge >= 0.3 is 0 Å². The Kier molecular flexibility index (Phi) is 4.31. The van der Waals surface area contributed by atoms with Crippen LogP contribution >= 0.6 is 0 Å². The number of nitriles is 1. The van der Waals surface area contributed by atoms with E-state index in [9.17, 15) is 4.79 Å². The van der Waals surface area contributed by atoms with Crippen LogP contribution in [0.1, 0.15) is 17.3 Å². The predicted octanol–water partition coefficient (Wildman–Crippen LogP) is 0.878. The summed E-state index contributed by atoms with van der Waals surface area (Å²) in [4.78, 5) is 18.0. The van der Waals surface area contributed by atoms with E-state index in [1.54, 1.807) is 23.2 Å². The fraction of sp³-hybridized carbons (Fsp3) is 0.462. The third-order valence-corrected chi connectivity index (χ3v) is 2.87. The van der Waals surface area contributed by atoms with Crippen LogP contribution in [0.15, 0.2) is 18.3 Å². The first-order valence-corrected chi connectivity index (χ1v) is 6.25. The van der Waals surface area contributed by atoms with Crippen molar-refractivity contribution in [1.29, 1.82) is 5.26 Å². The van der Waals surface area contributed by atoms with E-state index in [0.29, 0.717) is 25.3 Å². The molecule has 1 unspecified atom stereocenters. The van der Waals surface area contributed by atoms with E-state index in [-0.39, 0.29) is 5.91 Å². The maximum atomic E-state index is 12.2. The Morgan fingerprint density at radius 2 is 2.53 bits per heavy atom. The Labute approximate surface area is 112 Å². The molecule has 6 heteroatoms. The van der Waals surface area contributed by atoms with Crippen LogP contribution in [0.4, 0.5) is 5.82 Å². The highest BCUT2D eigenvalue weighted by Crippen LogP contribution is 2.11. The standard InChI is InChI=1S/C13H16N4O2/c1-2-15-12-4-3-10(8-16-12)13(18)17-5-6-19-11(7-14)9-17/h3-4,8,11H,2,5-6,9H2,1H3,(H,15,16). The fourth-order valence-electron chi connectivity index (χ4n) is 1.90. The van der Waals surface area contributed by atoms with Crippen LogP contribution in [0.25, 0.3) is 0 Å². The molecule has 0 spiro atoms. The fourth-order valence-corrected chi connectivity index (χ4v) is 1.90. The van der Waals surface area contributed by atoms with Crippen molar-refractivity contribution in [3.8, 4) is 6.07 Å². The van der Waals surface area contributed by atoms with E-state index >= 15 is 0 Å². The van der Waals surface area contributed by atoms with Crippen molar-refractivity contribution in [3.63, 3.8) is 0 Å². The number of ether oxygens (including phenoxy) is 1. The number of nitrogens with zero attached hydrogens (tertiary/aromatic N) is 3. The lowest BCUT2D eigenvalue weighted by Gasteiger charge is -2.29. The number of hydrogen-bond acceptors (Lipinski definition) is 5. The van der Waals surface area contributed by atoms with E-state index in [4.69, 9.17) is 10.00 Å². The Morgan fingerprint density at radius 3 is 3.16 bits per heavy atom. The summed E-state index contributed by atoms with van der Waals surface area (Å²) in [5, 5.41) is 11.9. The lowest BCUT2D eigenvalue weighted by atomic mass is 10.2. The molecule has 1 N–H and O–H groups in total. The van der Waals surface area contributed by atoms with Crippen molar-refractivity contribution in [2.75, 3.05) is 31.6 Å². The minimum absolute atomic E-state index is 0.112. The molecule has 1 aliphatic rings. The van der Waals surface area contributed by atoms with E-state index in [2.05, 4.69) is 10.3 Å². The predicted molar refractivity (Wildman–Crippen MR) is 69.7 cm³/mol. The number of anilines is 1. The van der Waals surface area contributed by atoms with E-state index in [0.717, 1.165) is 12.4 Å². The quantitative estimate of drug-likeness (QED) is 0.872. The number of aromatic nitrogens is 1. The maximum absolute atomic E-state index is 12.2. The second kappa shape index (κ2) is 6.16. The Morgan fingerprint density at radius 1 is 1.68 bits per heavy atom. The van der Waals surface area contributed by atoms with Crippen molar-refractivity contribution in [3.05, 3.63) is 23.9 Å². The van der Waals surface area contributed by atoms with Gasteiger partial charge in [0.05, 0.1) is 24.8 Å². The Hall–Kier alpha value is -2.13. The van der Waals surface area contributed by atoms with Crippen LogP contribution in [0, 0.1) is 11.3 Å². The first kappa shape index (κ1) is 13.3. The molecule has 2 heterocycles.